The summed E-state index contributed by atoms with van der Waals surface area (Å²) < 4.78 is 0. The fraction of sp³-hybridized carbons (Fsp3) is 0.500. The van der Waals surface area contributed by atoms with E-state index in [0.29, 0.717) is 12.5 Å². The van der Waals surface area contributed by atoms with E-state index in [9.17, 15) is 4.79 Å². The normalized spacial score (nSPS) is 23.0. The molecule has 0 fully saturated rings. The molecule has 0 aromatic heterocycles. The second-order valence-corrected chi connectivity index (χ2v) is 2.56. The van der Waals surface area contributed by atoms with Crippen LogP contribution in [0.1, 0.15) is 13.3 Å². The van der Waals surface area contributed by atoms with Crippen molar-refractivity contribution in [2.75, 3.05) is 6.54 Å². The molecule has 60 valence electrons. The lowest BCUT2D eigenvalue weighted by Gasteiger charge is -2.10. The Labute approximate surface area is 65.4 Å². The van der Waals surface area contributed by atoms with Crippen LogP contribution in [-0.2, 0) is 4.79 Å². The number of aliphatic carboxylic acids is 1. The van der Waals surface area contributed by atoms with Gasteiger partial charge in [0.15, 0.2) is 0 Å². The molecule has 0 spiro atoms. The van der Waals surface area contributed by atoms with Crippen molar-refractivity contribution >= 4 is 11.7 Å². The summed E-state index contributed by atoms with van der Waals surface area (Å²) in [5, 5.41) is 8.52. The average Bonchev–Trinajstić information content (AvgIpc) is 2.05. The van der Waals surface area contributed by atoms with Crippen LogP contribution in [0.3, 0.4) is 0 Å². The number of hydrogen-bond donors (Lipinski definition) is 1. The van der Waals surface area contributed by atoms with Crippen molar-refractivity contribution in [2.24, 2.45) is 10.9 Å². The number of aliphatic imine (C=N–C) groups is 1. The average molecular weight is 153 g/mol. The van der Waals surface area contributed by atoms with Gasteiger partial charge in [0.05, 0.1) is 0 Å². The monoisotopic (exact) mass is 153 g/mol. The van der Waals surface area contributed by atoms with E-state index in [4.69, 9.17) is 5.11 Å². The first-order chi connectivity index (χ1) is 5.24. The van der Waals surface area contributed by atoms with Crippen LogP contribution in [0.5, 0.6) is 0 Å². The van der Waals surface area contributed by atoms with E-state index < -0.39 is 5.97 Å². The van der Waals surface area contributed by atoms with Crippen molar-refractivity contribution in [3.63, 3.8) is 0 Å². The van der Waals surface area contributed by atoms with E-state index in [2.05, 4.69) is 11.9 Å². The third-order valence-electron chi connectivity index (χ3n) is 1.77. The molecule has 1 atom stereocenters. The number of dihydropyridines is 1. The number of carboxylic acids is 1. The van der Waals surface area contributed by atoms with Crippen LogP contribution < -0.4 is 0 Å². The Bertz CT molecular complexity index is 218. The Morgan fingerprint density at radius 1 is 1.91 bits per heavy atom. The highest BCUT2D eigenvalue weighted by molar-refractivity contribution is 6.40. The highest BCUT2D eigenvalue weighted by atomic mass is 16.4. The summed E-state index contributed by atoms with van der Waals surface area (Å²) in [7, 11) is 0. The van der Waals surface area contributed by atoms with Crippen molar-refractivity contribution in [2.45, 2.75) is 13.3 Å². The van der Waals surface area contributed by atoms with Crippen molar-refractivity contribution in [3.8, 4) is 0 Å². The SMILES string of the molecule is CCC1C=CC(C(=O)O)=NC1. The second kappa shape index (κ2) is 3.32. The summed E-state index contributed by atoms with van der Waals surface area (Å²) in [6, 6.07) is 0. The molecular weight excluding hydrogens is 142 g/mol. The molecule has 0 aromatic carbocycles. The first-order valence-corrected chi connectivity index (χ1v) is 3.70. The number of hydrogen-bond acceptors (Lipinski definition) is 2. The van der Waals surface area contributed by atoms with Crippen LogP contribution in [0.2, 0.25) is 0 Å². The van der Waals surface area contributed by atoms with Gasteiger partial charge in [-0.15, -0.1) is 0 Å². The quantitative estimate of drug-likeness (QED) is 0.646. The molecule has 1 aliphatic heterocycles. The van der Waals surface area contributed by atoms with Gasteiger partial charge in [0.2, 0.25) is 0 Å². The lowest BCUT2D eigenvalue weighted by molar-refractivity contribution is -0.129. The van der Waals surface area contributed by atoms with E-state index in [1.165, 1.54) is 0 Å². The molecule has 1 rings (SSSR count). The number of carboxylic acid groups (broad SMARTS) is 1. The summed E-state index contributed by atoms with van der Waals surface area (Å²) in [6.45, 7) is 2.69. The third-order valence-corrected chi connectivity index (χ3v) is 1.77. The fourth-order valence-corrected chi connectivity index (χ4v) is 0.960. The molecule has 0 amide bonds. The van der Waals surface area contributed by atoms with Crippen LogP contribution >= 0.6 is 0 Å². The van der Waals surface area contributed by atoms with Gasteiger partial charge in [0.1, 0.15) is 5.71 Å². The minimum absolute atomic E-state index is 0.176. The van der Waals surface area contributed by atoms with Gasteiger partial charge in [0, 0.05) is 6.54 Å². The zero-order valence-electron chi connectivity index (χ0n) is 6.45. The predicted octanol–water partition coefficient (Wildman–Crippen LogP) is 1.11. The van der Waals surface area contributed by atoms with E-state index in [1.54, 1.807) is 6.08 Å². The smallest absolute Gasteiger partial charge is 0.354 e. The summed E-state index contributed by atoms with van der Waals surface area (Å²) in [6.07, 6.45) is 4.52. The molecule has 3 heteroatoms. The van der Waals surface area contributed by atoms with Crippen molar-refractivity contribution in [3.05, 3.63) is 12.2 Å². The molecule has 0 bridgehead atoms. The summed E-state index contributed by atoms with van der Waals surface area (Å²) in [5.74, 6) is -0.506. The third kappa shape index (κ3) is 1.90. The van der Waals surface area contributed by atoms with Gasteiger partial charge >= 0.3 is 5.97 Å². The largest absolute Gasteiger partial charge is 0.477 e. The van der Waals surface area contributed by atoms with Gasteiger partial charge in [-0.05, 0) is 18.4 Å². The molecule has 0 aliphatic carbocycles. The Hall–Kier alpha value is -1.12. The molecule has 0 aromatic rings. The minimum atomic E-state index is -0.934. The van der Waals surface area contributed by atoms with Gasteiger partial charge in [-0.2, -0.15) is 0 Å². The van der Waals surface area contributed by atoms with Crippen molar-refractivity contribution in [1.29, 1.82) is 0 Å². The Kier molecular flexibility index (Phi) is 2.41. The maximum Gasteiger partial charge on any atom is 0.354 e. The maximum atomic E-state index is 10.4. The molecule has 11 heavy (non-hydrogen) atoms. The highest BCUT2D eigenvalue weighted by Gasteiger charge is 2.11. The summed E-state index contributed by atoms with van der Waals surface area (Å²) in [5.41, 5.74) is 0.176. The zero-order valence-corrected chi connectivity index (χ0v) is 6.45. The number of carbonyl (C=O) groups is 1. The molecule has 3 nitrogen and oxygen atoms in total. The van der Waals surface area contributed by atoms with E-state index in [-0.39, 0.29) is 5.71 Å². The standard InChI is InChI=1S/C8H11NO2/c1-2-6-3-4-7(8(10)11)9-5-6/h3-4,6H,2,5H2,1H3,(H,10,11). The second-order valence-electron chi connectivity index (χ2n) is 2.56. The first-order valence-electron chi connectivity index (χ1n) is 3.70. The lowest BCUT2D eigenvalue weighted by Crippen LogP contribution is -2.16. The fourth-order valence-electron chi connectivity index (χ4n) is 0.960. The van der Waals surface area contributed by atoms with Crippen LogP contribution in [0.15, 0.2) is 17.1 Å². The molecule has 1 N–H and O–H groups in total. The van der Waals surface area contributed by atoms with E-state index in [1.807, 2.05) is 6.08 Å². The molecule has 0 radical (unpaired) electrons. The van der Waals surface area contributed by atoms with Crippen molar-refractivity contribution < 1.29 is 9.90 Å². The van der Waals surface area contributed by atoms with Gasteiger partial charge in [-0.25, -0.2) is 4.79 Å². The number of rotatable bonds is 2. The molecule has 0 saturated heterocycles. The maximum absolute atomic E-state index is 10.4. The molecule has 1 aliphatic rings. The zero-order chi connectivity index (χ0) is 8.27. The first kappa shape index (κ1) is 7.98. The Balaban J connectivity index is 2.60. The topological polar surface area (TPSA) is 49.7 Å². The highest BCUT2D eigenvalue weighted by Crippen LogP contribution is 2.09. The predicted molar refractivity (Wildman–Crippen MR) is 42.9 cm³/mol. The van der Waals surface area contributed by atoms with Crippen LogP contribution in [-0.4, -0.2) is 23.3 Å². The molecule has 0 saturated carbocycles. The van der Waals surface area contributed by atoms with Gasteiger partial charge < -0.3 is 5.11 Å². The van der Waals surface area contributed by atoms with Crippen molar-refractivity contribution in [1.82, 2.24) is 0 Å². The minimum Gasteiger partial charge on any atom is -0.477 e. The summed E-state index contributed by atoms with van der Waals surface area (Å²) in [4.78, 5) is 14.3. The Morgan fingerprint density at radius 3 is 3.00 bits per heavy atom. The van der Waals surface area contributed by atoms with Gasteiger partial charge in [0.25, 0.3) is 0 Å². The van der Waals surface area contributed by atoms with Crippen LogP contribution in [0.4, 0.5) is 0 Å². The van der Waals surface area contributed by atoms with Crippen LogP contribution in [0.25, 0.3) is 0 Å². The molecule has 1 unspecified atom stereocenters. The molecular formula is C8H11NO2. The van der Waals surface area contributed by atoms with Crippen LogP contribution in [0, 0.1) is 5.92 Å². The van der Waals surface area contributed by atoms with Gasteiger partial charge in [-0.1, -0.05) is 13.0 Å². The number of nitrogens with zero attached hydrogens (tertiary/aromatic N) is 1. The van der Waals surface area contributed by atoms with Gasteiger partial charge in [-0.3, -0.25) is 4.99 Å². The van der Waals surface area contributed by atoms with E-state index in [0.717, 1.165) is 6.42 Å². The lowest BCUT2D eigenvalue weighted by atomic mass is 10.0. The Morgan fingerprint density at radius 2 is 2.64 bits per heavy atom. The summed E-state index contributed by atoms with van der Waals surface area (Å²) >= 11 is 0. The molecule has 1 heterocycles. The van der Waals surface area contributed by atoms with E-state index >= 15 is 0 Å².